The van der Waals surface area contributed by atoms with Crippen molar-refractivity contribution in [3.63, 3.8) is 0 Å². The van der Waals surface area contributed by atoms with Gasteiger partial charge in [-0.15, -0.1) is 0 Å². The van der Waals surface area contributed by atoms with Crippen LogP contribution in [-0.2, 0) is 0 Å². The second-order valence-corrected chi connectivity index (χ2v) is 7.33. The van der Waals surface area contributed by atoms with Gasteiger partial charge in [-0.2, -0.15) is 5.10 Å². The first kappa shape index (κ1) is 19.4. The first-order valence-electron chi connectivity index (χ1n) is 9.09. The predicted octanol–water partition coefficient (Wildman–Crippen LogP) is 3.10. The third-order valence-corrected chi connectivity index (χ3v) is 5.45. The molecule has 0 bridgehead atoms. The molecule has 1 aromatic carbocycles. The number of halogens is 2. The summed E-state index contributed by atoms with van der Waals surface area (Å²) < 4.78 is 16.5. The number of carboxylic acid groups (broad SMARTS) is 1. The molecular formula is C20H18ClFN4O3. The van der Waals surface area contributed by atoms with Crippen molar-refractivity contribution in [3.05, 3.63) is 52.4 Å². The van der Waals surface area contributed by atoms with Crippen molar-refractivity contribution >= 4 is 35.1 Å². The minimum absolute atomic E-state index is 0.0397. The van der Waals surface area contributed by atoms with Gasteiger partial charge in [0.1, 0.15) is 5.82 Å². The van der Waals surface area contributed by atoms with Crippen LogP contribution >= 0.6 is 11.6 Å². The molecule has 1 fully saturated rings. The van der Waals surface area contributed by atoms with Gasteiger partial charge in [0.2, 0.25) is 0 Å². The Morgan fingerprint density at radius 1 is 1.38 bits per heavy atom. The molecule has 4 rings (SSSR count). The van der Waals surface area contributed by atoms with E-state index in [0.29, 0.717) is 24.0 Å². The first-order valence-corrected chi connectivity index (χ1v) is 9.47. The summed E-state index contributed by atoms with van der Waals surface area (Å²) in [6, 6.07) is 7.79. The normalized spacial score (nSPS) is 16.9. The highest BCUT2D eigenvalue weighted by Gasteiger charge is 2.24. The highest BCUT2D eigenvalue weighted by atomic mass is 35.5. The second-order valence-electron chi connectivity index (χ2n) is 6.92. The van der Waals surface area contributed by atoms with Crippen molar-refractivity contribution in [2.24, 2.45) is 0 Å². The SMILES string of the molecule is CC1CNCCN1c1ccc(-c2ccc3c(Cl)cc(C(=O)O)n3n2)c(F)c1C=O. The van der Waals surface area contributed by atoms with Crippen molar-refractivity contribution < 1.29 is 19.1 Å². The van der Waals surface area contributed by atoms with Gasteiger partial charge in [0.25, 0.3) is 0 Å². The monoisotopic (exact) mass is 416 g/mol. The van der Waals surface area contributed by atoms with Crippen molar-refractivity contribution in [2.75, 3.05) is 24.5 Å². The van der Waals surface area contributed by atoms with Gasteiger partial charge in [0, 0.05) is 31.2 Å². The quantitative estimate of drug-likeness (QED) is 0.635. The van der Waals surface area contributed by atoms with Crippen LogP contribution in [0.4, 0.5) is 10.1 Å². The molecule has 3 aromatic rings. The number of aldehydes is 1. The fraction of sp³-hybridized carbons (Fsp3) is 0.250. The molecule has 0 aliphatic carbocycles. The Kier molecular flexibility index (Phi) is 4.97. The Morgan fingerprint density at radius 3 is 2.86 bits per heavy atom. The molecule has 1 atom stereocenters. The van der Waals surface area contributed by atoms with Crippen LogP contribution in [0.25, 0.3) is 16.8 Å². The summed E-state index contributed by atoms with van der Waals surface area (Å²) in [7, 11) is 0. The van der Waals surface area contributed by atoms with Crippen molar-refractivity contribution in [2.45, 2.75) is 13.0 Å². The van der Waals surface area contributed by atoms with E-state index in [2.05, 4.69) is 10.4 Å². The first-order chi connectivity index (χ1) is 13.9. The summed E-state index contributed by atoms with van der Waals surface area (Å²) in [4.78, 5) is 25.2. The summed E-state index contributed by atoms with van der Waals surface area (Å²) in [6.45, 7) is 4.16. The van der Waals surface area contributed by atoms with Crippen LogP contribution in [-0.4, -0.2) is 52.7 Å². The Balaban J connectivity index is 1.84. The zero-order valence-electron chi connectivity index (χ0n) is 15.5. The van der Waals surface area contributed by atoms with Crippen LogP contribution in [0.3, 0.4) is 0 Å². The van der Waals surface area contributed by atoms with Crippen molar-refractivity contribution in [1.29, 1.82) is 0 Å². The zero-order valence-corrected chi connectivity index (χ0v) is 16.3. The second kappa shape index (κ2) is 7.46. The van der Waals surface area contributed by atoms with E-state index in [1.807, 2.05) is 11.8 Å². The van der Waals surface area contributed by atoms with Gasteiger partial charge in [-0.1, -0.05) is 11.6 Å². The average molecular weight is 417 g/mol. The number of nitrogens with one attached hydrogen (secondary N) is 1. The van der Waals surface area contributed by atoms with Gasteiger partial charge >= 0.3 is 5.97 Å². The average Bonchev–Trinajstić information content (AvgIpc) is 3.04. The maximum atomic E-state index is 15.3. The molecule has 3 heterocycles. The summed E-state index contributed by atoms with van der Waals surface area (Å²) in [5.74, 6) is -1.89. The number of nitrogens with zero attached hydrogens (tertiary/aromatic N) is 3. The Labute approximate surface area is 170 Å². The lowest BCUT2D eigenvalue weighted by atomic mass is 10.0. The minimum Gasteiger partial charge on any atom is -0.477 e. The van der Waals surface area contributed by atoms with Gasteiger partial charge < -0.3 is 15.3 Å². The number of aromatic nitrogens is 2. The molecule has 2 N–H and O–H groups in total. The lowest BCUT2D eigenvalue weighted by molar-refractivity contribution is 0.0688. The zero-order chi connectivity index (χ0) is 20.7. The van der Waals surface area contributed by atoms with E-state index in [9.17, 15) is 14.7 Å². The Hall–Kier alpha value is -2.97. The third kappa shape index (κ3) is 3.24. The molecule has 7 nitrogen and oxygen atoms in total. The molecule has 9 heteroatoms. The molecule has 1 unspecified atom stereocenters. The van der Waals surface area contributed by atoms with E-state index in [-0.39, 0.29) is 33.6 Å². The number of benzene rings is 1. The fourth-order valence-corrected chi connectivity index (χ4v) is 3.93. The summed E-state index contributed by atoms with van der Waals surface area (Å²) >= 11 is 6.06. The molecule has 1 aliphatic rings. The fourth-order valence-electron chi connectivity index (χ4n) is 3.68. The smallest absolute Gasteiger partial charge is 0.354 e. The molecule has 29 heavy (non-hydrogen) atoms. The molecule has 0 radical (unpaired) electrons. The van der Waals surface area contributed by atoms with Crippen LogP contribution in [0.15, 0.2) is 30.3 Å². The number of rotatable bonds is 4. The van der Waals surface area contributed by atoms with Gasteiger partial charge in [0.05, 0.1) is 27.5 Å². The van der Waals surface area contributed by atoms with Crippen LogP contribution in [0.1, 0.15) is 27.8 Å². The van der Waals surface area contributed by atoms with Crippen LogP contribution in [0.5, 0.6) is 0 Å². The van der Waals surface area contributed by atoms with E-state index in [4.69, 9.17) is 11.6 Å². The number of anilines is 1. The number of carbonyl (C=O) groups is 2. The molecule has 1 aliphatic heterocycles. The summed E-state index contributed by atoms with van der Waals surface area (Å²) in [5, 5.41) is 17.1. The molecule has 0 spiro atoms. The van der Waals surface area contributed by atoms with Gasteiger partial charge in [0.15, 0.2) is 12.0 Å². The van der Waals surface area contributed by atoms with E-state index < -0.39 is 11.8 Å². The minimum atomic E-state index is -1.20. The lowest BCUT2D eigenvalue weighted by Gasteiger charge is -2.36. The van der Waals surface area contributed by atoms with Crippen molar-refractivity contribution in [3.8, 4) is 11.3 Å². The van der Waals surface area contributed by atoms with E-state index in [1.54, 1.807) is 24.3 Å². The van der Waals surface area contributed by atoms with Gasteiger partial charge in [-0.25, -0.2) is 13.7 Å². The Bertz CT molecular complexity index is 1130. The largest absolute Gasteiger partial charge is 0.477 e. The molecule has 150 valence electrons. The maximum Gasteiger partial charge on any atom is 0.354 e. The summed E-state index contributed by atoms with van der Waals surface area (Å²) in [6.07, 6.45) is 0.511. The topological polar surface area (TPSA) is 86.9 Å². The van der Waals surface area contributed by atoms with E-state index in [1.165, 1.54) is 6.07 Å². The highest BCUT2D eigenvalue weighted by Crippen LogP contribution is 2.32. The number of piperazine rings is 1. The van der Waals surface area contributed by atoms with E-state index >= 15 is 4.39 Å². The molecule has 0 saturated carbocycles. The summed E-state index contributed by atoms with van der Waals surface area (Å²) in [5.41, 5.74) is 1.08. The number of hydrogen-bond donors (Lipinski definition) is 2. The highest BCUT2D eigenvalue weighted by molar-refractivity contribution is 6.34. The van der Waals surface area contributed by atoms with Gasteiger partial charge in [-0.3, -0.25) is 4.79 Å². The molecule has 2 aromatic heterocycles. The number of carbonyl (C=O) groups excluding carboxylic acids is 1. The number of fused-ring (bicyclic) bond motifs is 1. The molecule has 0 amide bonds. The Morgan fingerprint density at radius 2 is 2.17 bits per heavy atom. The van der Waals surface area contributed by atoms with Crippen LogP contribution in [0, 0.1) is 5.82 Å². The predicted molar refractivity (Wildman–Crippen MR) is 108 cm³/mol. The number of aromatic carboxylic acids is 1. The van der Waals surface area contributed by atoms with Crippen LogP contribution in [0.2, 0.25) is 5.02 Å². The van der Waals surface area contributed by atoms with E-state index in [0.717, 1.165) is 17.6 Å². The third-order valence-electron chi connectivity index (χ3n) is 5.15. The van der Waals surface area contributed by atoms with Crippen LogP contribution < -0.4 is 10.2 Å². The standard InChI is InChI=1S/C20H18ClFN4O3/c1-11-9-23-6-7-25(11)16-4-2-12(19(22)13(16)10-27)15-3-5-17-14(21)8-18(20(28)29)26(17)24-15/h2-5,8,10-11,23H,6-7,9H2,1H3,(H,28,29). The molecule has 1 saturated heterocycles. The van der Waals surface area contributed by atoms with Crippen molar-refractivity contribution in [1.82, 2.24) is 14.9 Å². The van der Waals surface area contributed by atoms with Gasteiger partial charge in [-0.05, 0) is 37.3 Å². The maximum absolute atomic E-state index is 15.3. The number of carboxylic acids is 1. The number of hydrogen-bond acceptors (Lipinski definition) is 5. The lowest BCUT2D eigenvalue weighted by Crippen LogP contribution is -2.50. The molecular weight excluding hydrogens is 399 g/mol.